The Kier molecular flexibility index (Phi) is 3.03. The molecule has 2 aromatic rings. The van der Waals surface area contributed by atoms with Gasteiger partial charge >= 0.3 is 0 Å². The lowest BCUT2D eigenvalue weighted by atomic mass is 10.1. The van der Waals surface area contributed by atoms with Crippen molar-refractivity contribution in [2.24, 2.45) is 0 Å². The normalized spacial score (nSPS) is 10.4. The zero-order valence-electron chi connectivity index (χ0n) is 8.04. The fourth-order valence-electron chi connectivity index (χ4n) is 1.29. The van der Waals surface area contributed by atoms with E-state index in [2.05, 4.69) is 15.9 Å². The van der Waals surface area contributed by atoms with Crippen LogP contribution < -0.4 is 5.73 Å². The Balaban J connectivity index is 2.45. The molecule has 0 fully saturated rings. The molecule has 1 heterocycles. The van der Waals surface area contributed by atoms with Gasteiger partial charge in [-0.15, -0.1) is 0 Å². The van der Waals surface area contributed by atoms with Crippen LogP contribution in [0.3, 0.4) is 0 Å². The molecule has 82 valence electrons. The maximum Gasteiger partial charge on any atom is 0.230 e. The molecule has 0 radical (unpaired) electrons. The molecule has 1 aromatic heterocycles. The molecule has 2 N–H and O–H groups in total. The summed E-state index contributed by atoms with van der Waals surface area (Å²) in [7, 11) is 0. The van der Waals surface area contributed by atoms with Crippen molar-refractivity contribution in [2.75, 3.05) is 5.73 Å². The number of hydrogen-bond acceptors (Lipinski definition) is 3. The van der Waals surface area contributed by atoms with E-state index >= 15 is 0 Å². The van der Waals surface area contributed by atoms with Crippen LogP contribution in [0, 0.1) is 0 Å². The van der Waals surface area contributed by atoms with E-state index < -0.39 is 0 Å². The Bertz CT molecular complexity index is 551. The molecule has 0 bridgehead atoms. The number of furan rings is 1. The Morgan fingerprint density at radius 3 is 2.69 bits per heavy atom. The van der Waals surface area contributed by atoms with Gasteiger partial charge in [0.05, 0.1) is 5.56 Å². The summed E-state index contributed by atoms with van der Waals surface area (Å²) in [5.74, 6) is -0.0634. The van der Waals surface area contributed by atoms with E-state index in [1.165, 1.54) is 6.07 Å². The lowest BCUT2D eigenvalue weighted by Crippen LogP contribution is -2.04. The van der Waals surface area contributed by atoms with E-state index in [0.29, 0.717) is 20.9 Å². The lowest BCUT2D eigenvalue weighted by molar-refractivity contribution is 0.101. The van der Waals surface area contributed by atoms with Crippen molar-refractivity contribution in [3.05, 3.63) is 51.3 Å². The number of benzene rings is 1. The topological polar surface area (TPSA) is 56.2 Å². The van der Waals surface area contributed by atoms with Crippen molar-refractivity contribution < 1.29 is 9.21 Å². The Morgan fingerprint density at radius 1 is 1.31 bits per heavy atom. The van der Waals surface area contributed by atoms with Crippen LogP contribution >= 0.6 is 27.5 Å². The van der Waals surface area contributed by atoms with Crippen LogP contribution in [0.2, 0.25) is 5.02 Å². The first-order valence-electron chi connectivity index (χ1n) is 4.43. The van der Waals surface area contributed by atoms with E-state index in [4.69, 9.17) is 21.8 Å². The number of hydrogen-bond donors (Lipinski definition) is 1. The Morgan fingerprint density at radius 2 is 2.06 bits per heavy atom. The van der Waals surface area contributed by atoms with Crippen LogP contribution in [0.25, 0.3) is 0 Å². The highest BCUT2D eigenvalue weighted by atomic mass is 79.9. The number of rotatable bonds is 2. The van der Waals surface area contributed by atoms with Gasteiger partial charge in [-0.05, 0) is 46.3 Å². The molecule has 0 saturated heterocycles. The van der Waals surface area contributed by atoms with Gasteiger partial charge in [-0.2, -0.15) is 0 Å². The molecule has 0 spiro atoms. The summed E-state index contributed by atoms with van der Waals surface area (Å²) >= 11 is 8.94. The van der Waals surface area contributed by atoms with Gasteiger partial charge < -0.3 is 10.2 Å². The minimum Gasteiger partial charge on any atom is -0.446 e. The number of ketones is 1. The summed E-state index contributed by atoms with van der Waals surface area (Å²) in [6.07, 6.45) is 0. The first-order valence-corrected chi connectivity index (χ1v) is 5.60. The number of carbonyl (C=O) groups excluding carboxylic acids is 1. The summed E-state index contributed by atoms with van der Waals surface area (Å²) in [4.78, 5) is 12.0. The molecule has 0 amide bonds. The summed E-state index contributed by atoms with van der Waals surface area (Å²) in [5.41, 5.74) is 6.42. The smallest absolute Gasteiger partial charge is 0.230 e. The Labute approximate surface area is 105 Å². The largest absolute Gasteiger partial charge is 0.446 e. The lowest BCUT2D eigenvalue weighted by Gasteiger charge is -2.02. The first-order chi connectivity index (χ1) is 7.58. The highest BCUT2D eigenvalue weighted by Crippen LogP contribution is 2.23. The third-order valence-electron chi connectivity index (χ3n) is 2.06. The minimum absolute atomic E-state index is 0.223. The fourth-order valence-corrected chi connectivity index (χ4v) is 1.77. The molecule has 3 nitrogen and oxygen atoms in total. The Hall–Kier alpha value is -1.26. The van der Waals surface area contributed by atoms with Crippen molar-refractivity contribution in [1.82, 2.24) is 0 Å². The van der Waals surface area contributed by atoms with E-state index in [9.17, 15) is 4.79 Å². The third-order valence-corrected chi connectivity index (χ3v) is 2.72. The van der Waals surface area contributed by atoms with Crippen molar-refractivity contribution >= 4 is 39.0 Å². The van der Waals surface area contributed by atoms with Gasteiger partial charge in [0.15, 0.2) is 10.4 Å². The number of nitrogen functional groups attached to an aromatic ring is 1. The van der Waals surface area contributed by atoms with E-state index in [-0.39, 0.29) is 11.5 Å². The predicted molar refractivity (Wildman–Crippen MR) is 65.7 cm³/mol. The molecular weight excluding hydrogens is 293 g/mol. The molecule has 1 aromatic carbocycles. The second-order valence-electron chi connectivity index (χ2n) is 3.16. The molecule has 0 atom stereocenters. The van der Waals surface area contributed by atoms with E-state index in [0.717, 1.165) is 0 Å². The standard InChI is InChI=1S/C11H7BrClNO2/c12-10-4-3-9(16-10)11(15)7-5-6(13)1-2-8(7)14/h1-5H,14H2. The first kappa shape index (κ1) is 11.2. The second kappa shape index (κ2) is 4.31. The molecule has 0 saturated carbocycles. The van der Waals surface area contributed by atoms with Crippen molar-refractivity contribution in [3.63, 3.8) is 0 Å². The van der Waals surface area contributed by atoms with Crippen molar-refractivity contribution in [3.8, 4) is 0 Å². The predicted octanol–water partition coefficient (Wildman–Crippen LogP) is 3.51. The van der Waals surface area contributed by atoms with Crippen molar-refractivity contribution in [2.45, 2.75) is 0 Å². The average Bonchev–Trinajstić information content (AvgIpc) is 2.67. The maximum absolute atomic E-state index is 12.0. The molecule has 2 rings (SSSR count). The average molecular weight is 301 g/mol. The molecule has 0 unspecified atom stereocenters. The maximum atomic E-state index is 12.0. The molecule has 0 aliphatic heterocycles. The monoisotopic (exact) mass is 299 g/mol. The van der Waals surface area contributed by atoms with Crippen LogP contribution in [0.5, 0.6) is 0 Å². The van der Waals surface area contributed by atoms with Gasteiger partial charge in [0.1, 0.15) is 0 Å². The summed E-state index contributed by atoms with van der Waals surface area (Å²) < 4.78 is 5.66. The molecule has 5 heteroatoms. The van der Waals surface area contributed by atoms with Gasteiger partial charge in [0, 0.05) is 10.7 Å². The van der Waals surface area contributed by atoms with Gasteiger partial charge in [-0.3, -0.25) is 4.79 Å². The number of anilines is 1. The highest BCUT2D eigenvalue weighted by Gasteiger charge is 2.16. The second-order valence-corrected chi connectivity index (χ2v) is 4.38. The minimum atomic E-state index is -0.286. The van der Waals surface area contributed by atoms with Crippen LogP contribution in [-0.4, -0.2) is 5.78 Å². The van der Waals surface area contributed by atoms with Crippen LogP contribution in [0.15, 0.2) is 39.4 Å². The van der Waals surface area contributed by atoms with Gasteiger partial charge in [-0.25, -0.2) is 0 Å². The summed E-state index contributed by atoms with van der Waals surface area (Å²) in [6.45, 7) is 0. The molecule has 0 aliphatic carbocycles. The zero-order chi connectivity index (χ0) is 11.7. The highest BCUT2D eigenvalue weighted by molar-refractivity contribution is 9.10. The number of carbonyl (C=O) groups is 1. The van der Waals surface area contributed by atoms with Crippen LogP contribution in [-0.2, 0) is 0 Å². The quantitative estimate of drug-likeness (QED) is 0.682. The van der Waals surface area contributed by atoms with Crippen LogP contribution in [0.1, 0.15) is 16.1 Å². The molecule has 0 aliphatic rings. The van der Waals surface area contributed by atoms with E-state index in [1.807, 2.05) is 0 Å². The van der Waals surface area contributed by atoms with Gasteiger partial charge in [-0.1, -0.05) is 11.6 Å². The van der Waals surface area contributed by atoms with Gasteiger partial charge in [0.2, 0.25) is 5.78 Å². The summed E-state index contributed by atoms with van der Waals surface area (Å²) in [5, 5.41) is 0.461. The zero-order valence-corrected chi connectivity index (χ0v) is 10.4. The van der Waals surface area contributed by atoms with Crippen LogP contribution in [0.4, 0.5) is 5.69 Å². The molecular formula is C11H7BrClNO2. The summed E-state index contributed by atoms with van der Waals surface area (Å²) in [6, 6.07) is 7.97. The van der Waals surface area contributed by atoms with Crippen molar-refractivity contribution in [1.29, 1.82) is 0 Å². The SMILES string of the molecule is Nc1ccc(Cl)cc1C(=O)c1ccc(Br)o1. The van der Waals surface area contributed by atoms with Gasteiger partial charge in [0.25, 0.3) is 0 Å². The fraction of sp³-hybridized carbons (Fsp3) is 0. The number of nitrogens with two attached hydrogens (primary N) is 1. The third kappa shape index (κ3) is 2.13. The molecule has 16 heavy (non-hydrogen) atoms. The van der Waals surface area contributed by atoms with E-state index in [1.54, 1.807) is 24.3 Å². The number of halogens is 2.